The maximum Gasteiger partial charge on any atom is 0.222 e. The highest BCUT2D eigenvalue weighted by Crippen LogP contribution is 2.30. The zero-order chi connectivity index (χ0) is 16.7. The molecule has 0 fully saturated rings. The molecule has 118 valence electrons. The zero-order valence-corrected chi connectivity index (χ0v) is 13.3. The molecular formula is C19H17N5. The summed E-state index contributed by atoms with van der Waals surface area (Å²) in [5, 5.41) is 3.23. The largest absolute Gasteiger partial charge is 0.383 e. The first-order chi connectivity index (χ1) is 11.6. The van der Waals surface area contributed by atoms with Crippen molar-refractivity contribution in [3.8, 4) is 0 Å². The van der Waals surface area contributed by atoms with Gasteiger partial charge in [-0.25, -0.2) is 4.98 Å². The maximum absolute atomic E-state index is 5.99. The van der Waals surface area contributed by atoms with Crippen LogP contribution in [-0.4, -0.2) is 17.0 Å². The molecule has 0 bridgehead atoms. The van der Waals surface area contributed by atoms with E-state index in [-0.39, 0.29) is 5.95 Å². The number of nitrogen functional groups attached to an aromatic ring is 2. The highest BCUT2D eigenvalue weighted by Gasteiger charge is 2.09. The summed E-state index contributed by atoms with van der Waals surface area (Å²) in [6, 6.07) is 20.6. The minimum atomic E-state index is 0.190. The van der Waals surface area contributed by atoms with E-state index in [2.05, 4.69) is 45.2 Å². The molecule has 0 aliphatic rings. The Morgan fingerprint density at radius 1 is 0.792 bits per heavy atom. The Labute approximate surface area is 139 Å². The summed E-state index contributed by atoms with van der Waals surface area (Å²) in [5.74, 6) is 0.585. The van der Waals surface area contributed by atoms with E-state index in [4.69, 9.17) is 11.5 Å². The molecule has 1 aromatic heterocycles. The highest BCUT2D eigenvalue weighted by molar-refractivity contribution is 5.93. The van der Waals surface area contributed by atoms with Crippen LogP contribution >= 0.6 is 0 Å². The molecule has 0 spiro atoms. The number of nitrogens with two attached hydrogens (primary N) is 2. The fourth-order valence-corrected chi connectivity index (χ4v) is 2.90. The van der Waals surface area contributed by atoms with Crippen LogP contribution in [0.15, 0.2) is 60.7 Å². The molecule has 4 rings (SSSR count). The van der Waals surface area contributed by atoms with Crippen LogP contribution in [0.2, 0.25) is 0 Å². The van der Waals surface area contributed by atoms with Crippen LogP contribution in [0.3, 0.4) is 0 Å². The van der Waals surface area contributed by atoms with Crippen molar-refractivity contribution in [3.05, 3.63) is 60.7 Å². The monoisotopic (exact) mass is 315 g/mol. The Balaban J connectivity index is 1.80. The second kappa shape index (κ2) is 5.38. The fourth-order valence-electron chi connectivity index (χ4n) is 2.90. The minimum Gasteiger partial charge on any atom is -0.383 e. The minimum absolute atomic E-state index is 0.190. The van der Waals surface area contributed by atoms with Crippen molar-refractivity contribution in [1.82, 2.24) is 9.97 Å². The van der Waals surface area contributed by atoms with Gasteiger partial charge in [-0.05, 0) is 41.1 Å². The molecule has 0 aliphatic carbocycles. The molecular weight excluding hydrogens is 298 g/mol. The van der Waals surface area contributed by atoms with Gasteiger partial charge in [0.25, 0.3) is 0 Å². The second-order valence-electron chi connectivity index (χ2n) is 5.76. The molecule has 0 saturated heterocycles. The lowest BCUT2D eigenvalue weighted by Gasteiger charge is -2.20. The van der Waals surface area contributed by atoms with Crippen molar-refractivity contribution < 1.29 is 0 Å². The lowest BCUT2D eigenvalue weighted by molar-refractivity contribution is 1.21. The van der Waals surface area contributed by atoms with Crippen molar-refractivity contribution in [2.24, 2.45) is 0 Å². The molecule has 4 aromatic rings. The third-order valence-electron chi connectivity index (χ3n) is 4.23. The average Bonchev–Trinajstić information content (AvgIpc) is 2.60. The summed E-state index contributed by atoms with van der Waals surface area (Å²) in [6.45, 7) is 0. The van der Waals surface area contributed by atoms with Crippen molar-refractivity contribution in [3.63, 3.8) is 0 Å². The standard InChI is InChI=1S/C19H17N5/c1-24(14-7-6-12-4-2-3-5-13(12)10-14)15-8-9-17-16(11-15)18(20)23-19(21)22-17/h2-11H,1H3,(H4,20,21,22,23). The predicted octanol–water partition coefficient (Wildman–Crippen LogP) is 3.72. The molecule has 5 heteroatoms. The molecule has 0 saturated carbocycles. The van der Waals surface area contributed by atoms with Crippen molar-refractivity contribution in [2.75, 3.05) is 23.4 Å². The van der Waals surface area contributed by atoms with Gasteiger partial charge in [-0.3, -0.25) is 0 Å². The SMILES string of the molecule is CN(c1ccc2ccccc2c1)c1ccc2nc(N)nc(N)c2c1. The molecule has 0 amide bonds. The molecule has 24 heavy (non-hydrogen) atoms. The molecule has 0 radical (unpaired) electrons. The highest BCUT2D eigenvalue weighted by atomic mass is 15.1. The van der Waals surface area contributed by atoms with Crippen molar-refractivity contribution in [2.45, 2.75) is 0 Å². The molecule has 0 unspecified atom stereocenters. The van der Waals surface area contributed by atoms with Crippen LogP contribution < -0.4 is 16.4 Å². The van der Waals surface area contributed by atoms with Gasteiger partial charge >= 0.3 is 0 Å². The van der Waals surface area contributed by atoms with Gasteiger partial charge in [0.1, 0.15) is 5.82 Å². The fraction of sp³-hybridized carbons (Fsp3) is 0.0526. The number of hydrogen-bond donors (Lipinski definition) is 2. The Bertz CT molecular complexity index is 1060. The first kappa shape index (κ1) is 14.3. The summed E-state index contributed by atoms with van der Waals surface area (Å²) < 4.78 is 0. The van der Waals surface area contributed by atoms with Gasteiger partial charge in [0.2, 0.25) is 5.95 Å². The molecule has 5 nitrogen and oxygen atoms in total. The number of aromatic nitrogens is 2. The van der Waals surface area contributed by atoms with E-state index in [1.54, 1.807) is 0 Å². The third-order valence-corrected chi connectivity index (χ3v) is 4.23. The van der Waals surface area contributed by atoms with Crippen LogP contribution in [0.1, 0.15) is 0 Å². The number of fused-ring (bicyclic) bond motifs is 2. The van der Waals surface area contributed by atoms with E-state index in [1.807, 2.05) is 37.4 Å². The summed E-state index contributed by atoms with van der Waals surface area (Å²) in [6.07, 6.45) is 0. The van der Waals surface area contributed by atoms with E-state index >= 15 is 0 Å². The van der Waals surface area contributed by atoms with Gasteiger partial charge in [-0.2, -0.15) is 4.98 Å². The lowest BCUT2D eigenvalue weighted by atomic mass is 10.1. The normalized spacial score (nSPS) is 11.0. The second-order valence-corrected chi connectivity index (χ2v) is 5.76. The van der Waals surface area contributed by atoms with Crippen LogP contribution in [0.25, 0.3) is 21.7 Å². The predicted molar refractivity (Wildman–Crippen MR) is 100 cm³/mol. The zero-order valence-electron chi connectivity index (χ0n) is 13.3. The molecule has 4 N–H and O–H groups in total. The average molecular weight is 315 g/mol. The summed E-state index contributed by atoms with van der Waals surface area (Å²) in [4.78, 5) is 10.4. The van der Waals surface area contributed by atoms with E-state index in [0.717, 1.165) is 22.3 Å². The van der Waals surface area contributed by atoms with E-state index in [9.17, 15) is 0 Å². The summed E-state index contributed by atoms with van der Waals surface area (Å²) >= 11 is 0. The Kier molecular flexibility index (Phi) is 3.20. The van der Waals surface area contributed by atoms with Crippen molar-refractivity contribution >= 4 is 44.8 Å². The van der Waals surface area contributed by atoms with E-state index in [0.29, 0.717) is 5.82 Å². The van der Waals surface area contributed by atoms with Gasteiger partial charge < -0.3 is 16.4 Å². The Hall–Kier alpha value is -3.34. The number of nitrogens with zero attached hydrogens (tertiary/aromatic N) is 3. The van der Waals surface area contributed by atoms with Crippen LogP contribution in [0.4, 0.5) is 23.1 Å². The van der Waals surface area contributed by atoms with Gasteiger partial charge in [-0.1, -0.05) is 30.3 Å². The topological polar surface area (TPSA) is 81.1 Å². The third kappa shape index (κ3) is 2.36. The van der Waals surface area contributed by atoms with E-state index in [1.165, 1.54) is 10.8 Å². The lowest BCUT2D eigenvalue weighted by Crippen LogP contribution is -2.09. The van der Waals surface area contributed by atoms with Crippen molar-refractivity contribution in [1.29, 1.82) is 0 Å². The maximum atomic E-state index is 5.99. The number of rotatable bonds is 2. The van der Waals surface area contributed by atoms with Gasteiger partial charge in [0.15, 0.2) is 0 Å². The quantitative estimate of drug-likeness (QED) is 0.589. The smallest absolute Gasteiger partial charge is 0.222 e. The van der Waals surface area contributed by atoms with Crippen LogP contribution in [0, 0.1) is 0 Å². The van der Waals surface area contributed by atoms with E-state index < -0.39 is 0 Å². The Morgan fingerprint density at radius 3 is 2.33 bits per heavy atom. The molecule has 0 aliphatic heterocycles. The van der Waals surface area contributed by atoms with Crippen LogP contribution in [-0.2, 0) is 0 Å². The first-order valence-corrected chi connectivity index (χ1v) is 7.67. The van der Waals surface area contributed by atoms with Crippen LogP contribution in [0.5, 0.6) is 0 Å². The number of hydrogen-bond acceptors (Lipinski definition) is 5. The van der Waals surface area contributed by atoms with Gasteiger partial charge in [0.05, 0.1) is 5.52 Å². The molecule has 3 aromatic carbocycles. The number of anilines is 4. The molecule has 1 heterocycles. The van der Waals surface area contributed by atoms with Gasteiger partial charge in [0, 0.05) is 23.8 Å². The summed E-state index contributed by atoms with van der Waals surface area (Å²) in [7, 11) is 2.03. The first-order valence-electron chi connectivity index (χ1n) is 7.67. The molecule has 0 atom stereocenters. The Morgan fingerprint density at radius 2 is 1.50 bits per heavy atom. The summed E-state index contributed by atoms with van der Waals surface area (Å²) in [5.41, 5.74) is 14.5. The van der Waals surface area contributed by atoms with Gasteiger partial charge in [-0.15, -0.1) is 0 Å². The number of benzene rings is 3.